The van der Waals surface area contributed by atoms with Gasteiger partial charge in [-0.05, 0) is 30.9 Å². The van der Waals surface area contributed by atoms with Crippen molar-refractivity contribution >= 4 is 0 Å². The highest BCUT2D eigenvalue weighted by Gasteiger charge is 2.37. The van der Waals surface area contributed by atoms with Crippen LogP contribution in [0.15, 0.2) is 30.3 Å². The molecule has 1 saturated heterocycles. The van der Waals surface area contributed by atoms with Crippen LogP contribution in [0.4, 0.5) is 0 Å². The van der Waals surface area contributed by atoms with Crippen LogP contribution in [0.3, 0.4) is 0 Å². The van der Waals surface area contributed by atoms with Gasteiger partial charge in [0.1, 0.15) is 0 Å². The molecular weight excluding hydrogens is 222 g/mol. The quantitative estimate of drug-likeness (QED) is 0.884. The van der Waals surface area contributed by atoms with Crippen LogP contribution in [-0.2, 0) is 6.54 Å². The molecule has 1 aliphatic rings. The van der Waals surface area contributed by atoms with E-state index < -0.39 is 5.60 Å². The van der Waals surface area contributed by atoms with Crippen molar-refractivity contribution < 1.29 is 5.11 Å². The fraction of sp³-hybridized carbons (Fsp3) is 0.625. The zero-order valence-electron chi connectivity index (χ0n) is 11.6. The van der Waals surface area contributed by atoms with Gasteiger partial charge >= 0.3 is 0 Å². The molecule has 1 heterocycles. The van der Waals surface area contributed by atoms with E-state index in [9.17, 15) is 5.11 Å². The molecule has 2 unspecified atom stereocenters. The molecule has 0 amide bonds. The van der Waals surface area contributed by atoms with Gasteiger partial charge in [-0.2, -0.15) is 0 Å². The van der Waals surface area contributed by atoms with Gasteiger partial charge in [-0.3, -0.25) is 4.90 Å². The normalized spacial score (nSPS) is 27.1. The van der Waals surface area contributed by atoms with Gasteiger partial charge in [-0.1, -0.05) is 50.6 Å². The van der Waals surface area contributed by atoms with Crippen LogP contribution in [0.5, 0.6) is 0 Å². The molecule has 2 heteroatoms. The SMILES string of the molecule is CCC(C)C1(O)CCCN(Cc2ccccc2)C1. The van der Waals surface area contributed by atoms with Crippen LogP contribution in [0.1, 0.15) is 38.7 Å². The third-order valence-corrected chi connectivity index (χ3v) is 4.36. The van der Waals surface area contributed by atoms with E-state index in [4.69, 9.17) is 0 Å². The summed E-state index contributed by atoms with van der Waals surface area (Å²) in [7, 11) is 0. The van der Waals surface area contributed by atoms with Crippen LogP contribution in [0.25, 0.3) is 0 Å². The molecule has 2 atom stereocenters. The third kappa shape index (κ3) is 3.12. The Balaban J connectivity index is 1.99. The first-order valence-electron chi connectivity index (χ1n) is 7.13. The van der Waals surface area contributed by atoms with E-state index in [1.165, 1.54) is 5.56 Å². The molecule has 1 aliphatic heterocycles. The van der Waals surface area contributed by atoms with Crippen molar-refractivity contribution in [3.8, 4) is 0 Å². The van der Waals surface area contributed by atoms with Crippen molar-refractivity contribution in [2.45, 2.75) is 45.3 Å². The average Bonchev–Trinajstić information content (AvgIpc) is 2.39. The van der Waals surface area contributed by atoms with E-state index in [1.807, 2.05) is 0 Å². The molecule has 0 aromatic heterocycles. The Hall–Kier alpha value is -0.860. The zero-order valence-corrected chi connectivity index (χ0v) is 11.6. The maximum atomic E-state index is 10.7. The van der Waals surface area contributed by atoms with E-state index >= 15 is 0 Å². The second kappa shape index (κ2) is 5.85. The molecule has 1 N–H and O–H groups in total. The Morgan fingerprint density at radius 1 is 1.33 bits per heavy atom. The van der Waals surface area contributed by atoms with E-state index in [0.717, 1.165) is 38.9 Å². The Kier molecular flexibility index (Phi) is 4.41. The number of aliphatic hydroxyl groups is 1. The number of likely N-dealkylation sites (tertiary alicyclic amines) is 1. The lowest BCUT2D eigenvalue weighted by atomic mass is 9.80. The lowest BCUT2D eigenvalue weighted by molar-refractivity contribution is -0.0726. The minimum absolute atomic E-state index is 0.385. The maximum Gasteiger partial charge on any atom is 0.0799 e. The van der Waals surface area contributed by atoms with Gasteiger partial charge in [0.15, 0.2) is 0 Å². The molecule has 0 saturated carbocycles. The topological polar surface area (TPSA) is 23.5 Å². The van der Waals surface area contributed by atoms with E-state index in [1.54, 1.807) is 0 Å². The second-order valence-corrected chi connectivity index (χ2v) is 5.71. The van der Waals surface area contributed by atoms with E-state index in [2.05, 4.69) is 49.1 Å². The monoisotopic (exact) mass is 247 g/mol. The summed E-state index contributed by atoms with van der Waals surface area (Å²) in [4.78, 5) is 2.39. The van der Waals surface area contributed by atoms with Crippen molar-refractivity contribution in [3.05, 3.63) is 35.9 Å². The summed E-state index contributed by atoms with van der Waals surface area (Å²) in [6.45, 7) is 7.22. The van der Waals surface area contributed by atoms with Gasteiger partial charge in [-0.25, -0.2) is 0 Å². The van der Waals surface area contributed by atoms with Crippen LogP contribution in [-0.4, -0.2) is 28.7 Å². The molecule has 100 valence electrons. The number of benzene rings is 1. The predicted octanol–water partition coefficient (Wildman–Crippen LogP) is 3.06. The van der Waals surface area contributed by atoms with Crippen molar-refractivity contribution in [1.82, 2.24) is 4.90 Å². The molecule has 0 spiro atoms. The van der Waals surface area contributed by atoms with Crippen LogP contribution in [0, 0.1) is 5.92 Å². The number of nitrogens with zero attached hydrogens (tertiary/aromatic N) is 1. The fourth-order valence-electron chi connectivity index (χ4n) is 2.91. The molecule has 1 aromatic rings. The minimum Gasteiger partial charge on any atom is -0.388 e. The molecule has 0 aliphatic carbocycles. The first kappa shape index (κ1) is 13.6. The highest BCUT2D eigenvalue weighted by molar-refractivity contribution is 5.14. The van der Waals surface area contributed by atoms with Crippen molar-refractivity contribution in [1.29, 1.82) is 0 Å². The lowest BCUT2D eigenvalue weighted by Crippen LogP contribution is -2.51. The van der Waals surface area contributed by atoms with Gasteiger partial charge < -0.3 is 5.11 Å². The highest BCUT2D eigenvalue weighted by atomic mass is 16.3. The first-order valence-corrected chi connectivity index (χ1v) is 7.13. The largest absolute Gasteiger partial charge is 0.388 e. The molecule has 0 bridgehead atoms. The predicted molar refractivity (Wildman–Crippen MR) is 75.4 cm³/mol. The van der Waals surface area contributed by atoms with Crippen molar-refractivity contribution in [2.24, 2.45) is 5.92 Å². The smallest absolute Gasteiger partial charge is 0.0799 e. The molecule has 0 radical (unpaired) electrons. The molecule has 1 fully saturated rings. The Bertz CT molecular complexity index is 365. The Labute approximate surface area is 111 Å². The van der Waals surface area contributed by atoms with E-state index in [0.29, 0.717) is 5.92 Å². The van der Waals surface area contributed by atoms with Crippen LogP contribution >= 0.6 is 0 Å². The van der Waals surface area contributed by atoms with Crippen LogP contribution < -0.4 is 0 Å². The molecular formula is C16H25NO. The van der Waals surface area contributed by atoms with Crippen LogP contribution in [0.2, 0.25) is 0 Å². The summed E-state index contributed by atoms with van der Waals surface area (Å²) in [5.41, 5.74) is 0.854. The van der Waals surface area contributed by atoms with Gasteiger partial charge in [-0.15, -0.1) is 0 Å². The number of β-amino-alcohol motifs (C(OH)–C–C–N with tert-alkyl or cyclic N) is 1. The first-order chi connectivity index (χ1) is 8.64. The molecule has 18 heavy (non-hydrogen) atoms. The van der Waals surface area contributed by atoms with Gasteiger partial charge in [0.2, 0.25) is 0 Å². The van der Waals surface area contributed by atoms with Gasteiger partial charge in [0.05, 0.1) is 5.60 Å². The van der Waals surface area contributed by atoms with Gasteiger partial charge in [0, 0.05) is 13.1 Å². The van der Waals surface area contributed by atoms with E-state index in [-0.39, 0.29) is 0 Å². The second-order valence-electron chi connectivity index (χ2n) is 5.71. The van der Waals surface area contributed by atoms with Crippen molar-refractivity contribution in [3.63, 3.8) is 0 Å². The van der Waals surface area contributed by atoms with Gasteiger partial charge in [0.25, 0.3) is 0 Å². The molecule has 1 aromatic carbocycles. The molecule has 2 nitrogen and oxygen atoms in total. The summed E-state index contributed by atoms with van der Waals surface area (Å²) >= 11 is 0. The summed E-state index contributed by atoms with van der Waals surface area (Å²) in [6.07, 6.45) is 3.11. The standard InChI is InChI=1S/C16H25NO/c1-3-14(2)16(18)10-7-11-17(13-16)12-15-8-5-4-6-9-15/h4-6,8-9,14,18H,3,7,10-13H2,1-2H3. The number of rotatable bonds is 4. The maximum absolute atomic E-state index is 10.7. The third-order valence-electron chi connectivity index (χ3n) is 4.36. The number of hydrogen-bond donors (Lipinski definition) is 1. The zero-order chi connectivity index (χ0) is 13.0. The highest BCUT2D eigenvalue weighted by Crippen LogP contribution is 2.31. The summed E-state index contributed by atoms with van der Waals surface area (Å²) in [5.74, 6) is 0.385. The molecule has 2 rings (SSSR count). The Morgan fingerprint density at radius 3 is 2.72 bits per heavy atom. The number of piperidine rings is 1. The average molecular weight is 247 g/mol. The lowest BCUT2D eigenvalue weighted by Gasteiger charge is -2.42. The fourth-order valence-corrected chi connectivity index (χ4v) is 2.91. The number of hydrogen-bond acceptors (Lipinski definition) is 2. The summed E-state index contributed by atoms with van der Waals surface area (Å²) in [5, 5.41) is 10.7. The van der Waals surface area contributed by atoms with Crippen molar-refractivity contribution in [2.75, 3.05) is 13.1 Å². The Morgan fingerprint density at radius 2 is 2.06 bits per heavy atom. The minimum atomic E-state index is -0.484. The summed E-state index contributed by atoms with van der Waals surface area (Å²) in [6, 6.07) is 10.5. The summed E-state index contributed by atoms with van der Waals surface area (Å²) < 4.78 is 0.